The Labute approximate surface area is 130 Å². The molecule has 0 bridgehead atoms. The van der Waals surface area contributed by atoms with Gasteiger partial charge in [0.2, 0.25) is 0 Å². The van der Waals surface area contributed by atoms with Crippen molar-refractivity contribution in [2.75, 3.05) is 0 Å². The Morgan fingerprint density at radius 3 is 2.47 bits per heavy atom. The Balaban J connectivity index is 2.73. The van der Waals surface area contributed by atoms with Gasteiger partial charge in [0.1, 0.15) is 5.38 Å². The molecule has 0 saturated heterocycles. The fourth-order valence-electron chi connectivity index (χ4n) is 1.60. The van der Waals surface area contributed by atoms with Crippen LogP contribution < -0.4 is 0 Å². The zero-order valence-corrected chi connectivity index (χ0v) is 13.4. The number of nitro groups is 1. The van der Waals surface area contributed by atoms with E-state index < -0.39 is 10.3 Å². The standard InChI is InChI=1S/C13H15ClINO3/c1-2-3-4-11(17)12(14)13(15)9-5-7-10(8-6-9)16(18)19/h5-8,12-13H,2-4H2,1H3. The quantitative estimate of drug-likeness (QED) is 0.297. The number of Topliss-reactive ketones (excluding diaryl/α,β-unsaturated/α-hetero) is 1. The van der Waals surface area contributed by atoms with E-state index in [4.69, 9.17) is 11.6 Å². The topological polar surface area (TPSA) is 60.2 Å². The number of carbonyl (C=O) groups excluding carboxylic acids is 1. The molecule has 1 aromatic rings. The molecule has 0 aromatic heterocycles. The average Bonchev–Trinajstić information content (AvgIpc) is 2.43. The van der Waals surface area contributed by atoms with Crippen molar-refractivity contribution >= 4 is 45.7 Å². The highest BCUT2D eigenvalue weighted by Gasteiger charge is 2.25. The average molecular weight is 396 g/mol. The minimum atomic E-state index is -0.589. The third-order valence-electron chi connectivity index (χ3n) is 2.76. The van der Waals surface area contributed by atoms with Crippen LogP contribution in [0.5, 0.6) is 0 Å². The van der Waals surface area contributed by atoms with E-state index in [2.05, 4.69) is 22.6 Å². The van der Waals surface area contributed by atoms with Gasteiger partial charge in [0.15, 0.2) is 5.78 Å². The second kappa shape index (κ2) is 7.79. The van der Waals surface area contributed by atoms with Crippen LogP contribution in [-0.4, -0.2) is 16.1 Å². The second-order valence-corrected chi connectivity index (χ2v) is 6.03. The summed E-state index contributed by atoms with van der Waals surface area (Å²) in [6.45, 7) is 2.02. The van der Waals surface area contributed by atoms with Gasteiger partial charge in [0, 0.05) is 18.6 Å². The van der Waals surface area contributed by atoms with Crippen LogP contribution in [0.15, 0.2) is 24.3 Å². The van der Waals surface area contributed by atoms with Crippen molar-refractivity contribution in [1.82, 2.24) is 0 Å². The molecule has 0 heterocycles. The molecule has 0 spiro atoms. The number of non-ortho nitro benzene ring substituents is 1. The van der Waals surface area contributed by atoms with E-state index in [1.165, 1.54) is 12.1 Å². The van der Waals surface area contributed by atoms with Crippen LogP contribution in [0.3, 0.4) is 0 Å². The number of halogens is 2. The second-order valence-electron chi connectivity index (χ2n) is 4.22. The van der Waals surface area contributed by atoms with Crippen LogP contribution in [-0.2, 0) is 4.79 Å². The fourth-order valence-corrected chi connectivity index (χ4v) is 2.67. The number of ketones is 1. The van der Waals surface area contributed by atoms with E-state index in [1.54, 1.807) is 12.1 Å². The molecule has 104 valence electrons. The van der Waals surface area contributed by atoms with Crippen molar-refractivity contribution in [3.63, 3.8) is 0 Å². The van der Waals surface area contributed by atoms with Crippen LogP contribution >= 0.6 is 34.2 Å². The monoisotopic (exact) mass is 395 g/mol. The first kappa shape index (κ1) is 16.4. The van der Waals surface area contributed by atoms with Crippen LogP contribution in [0.4, 0.5) is 5.69 Å². The van der Waals surface area contributed by atoms with E-state index in [0.29, 0.717) is 6.42 Å². The van der Waals surface area contributed by atoms with Crippen molar-refractivity contribution in [2.45, 2.75) is 35.5 Å². The SMILES string of the molecule is CCCCC(=O)C(Cl)C(I)c1ccc([N+](=O)[O-])cc1. The van der Waals surface area contributed by atoms with Gasteiger partial charge >= 0.3 is 0 Å². The van der Waals surface area contributed by atoms with Crippen LogP contribution in [0.2, 0.25) is 0 Å². The van der Waals surface area contributed by atoms with Crippen molar-refractivity contribution in [3.05, 3.63) is 39.9 Å². The Hall–Kier alpha value is -0.690. The summed E-state index contributed by atoms with van der Waals surface area (Å²) < 4.78 is -0.176. The molecule has 0 amide bonds. The Morgan fingerprint density at radius 2 is 2.00 bits per heavy atom. The molecule has 0 fully saturated rings. The highest BCUT2D eigenvalue weighted by atomic mass is 127. The summed E-state index contributed by atoms with van der Waals surface area (Å²) in [5.74, 6) is 0.0290. The number of alkyl halides is 2. The largest absolute Gasteiger partial charge is 0.298 e. The summed E-state index contributed by atoms with van der Waals surface area (Å²) in [7, 11) is 0. The molecule has 0 saturated carbocycles. The number of nitrogens with zero attached hydrogens (tertiary/aromatic N) is 1. The van der Waals surface area contributed by atoms with Crippen molar-refractivity contribution in [1.29, 1.82) is 0 Å². The molecule has 6 heteroatoms. The molecule has 0 N–H and O–H groups in total. The third-order valence-corrected chi connectivity index (χ3v) is 5.12. The van der Waals surface area contributed by atoms with Gasteiger partial charge in [-0.1, -0.05) is 48.1 Å². The summed E-state index contributed by atoms with van der Waals surface area (Å²) >= 11 is 8.27. The van der Waals surface area contributed by atoms with Crippen molar-refractivity contribution in [2.24, 2.45) is 0 Å². The maximum absolute atomic E-state index is 11.8. The van der Waals surface area contributed by atoms with Gasteiger partial charge in [-0.2, -0.15) is 0 Å². The minimum Gasteiger partial charge on any atom is -0.298 e. The predicted molar refractivity (Wildman–Crippen MR) is 84.0 cm³/mol. The smallest absolute Gasteiger partial charge is 0.269 e. The highest BCUT2D eigenvalue weighted by Crippen LogP contribution is 2.32. The molecule has 4 nitrogen and oxygen atoms in total. The molecule has 1 aromatic carbocycles. The normalized spacial score (nSPS) is 13.8. The molecular weight excluding hydrogens is 381 g/mol. The number of hydrogen-bond donors (Lipinski definition) is 0. The van der Waals surface area contributed by atoms with Crippen LogP contribution in [0, 0.1) is 10.1 Å². The predicted octanol–water partition coefficient (Wildman–Crippen LogP) is 4.44. The molecule has 0 aliphatic carbocycles. The highest BCUT2D eigenvalue weighted by molar-refractivity contribution is 14.1. The van der Waals surface area contributed by atoms with Gasteiger partial charge in [-0.25, -0.2) is 0 Å². The van der Waals surface area contributed by atoms with Gasteiger partial charge in [-0.15, -0.1) is 11.6 Å². The van der Waals surface area contributed by atoms with E-state index >= 15 is 0 Å². The molecule has 2 atom stereocenters. The summed E-state index contributed by atoms with van der Waals surface area (Å²) in [4.78, 5) is 22.0. The molecular formula is C13H15ClINO3. The first-order valence-electron chi connectivity index (χ1n) is 6.02. The summed E-state index contributed by atoms with van der Waals surface area (Å²) in [5.41, 5.74) is 0.867. The molecule has 0 radical (unpaired) electrons. The lowest BCUT2D eigenvalue weighted by molar-refractivity contribution is -0.384. The number of nitro benzene ring substituents is 1. The van der Waals surface area contributed by atoms with E-state index in [1.807, 2.05) is 6.92 Å². The van der Waals surface area contributed by atoms with Gasteiger partial charge in [-0.3, -0.25) is 14.9 Å². The van der Waals surface area contributed by atoms with Gasteiger partial charge in [-0.05, 0) is 12.0 Å². The molecule has 19 heavy (non-hydrogen) atoms. The summed E-state index contributed by atoms with van der Waals surface area (Å²) in [6.07, 6.45) is 2.28. The molecule has 1 rings (SSSR count). The van der Waals surface area contributed by atoms with Gasteiger partial charge in [0.05, 0.1) is 8.85 Å². The Bertz CT molecular complexity index is 450. The van der Waals surface area contributed by atoms with E-state index in [0.717, 1.165) is 18.4 Å². The van der Waals surface area contributed by atoms with Crippen LogP contribution in [0.25, 0.3) is 0 Å². The summed E-state index contributed by atoms with van der Waals surface area (Å²) in [6, 6.07) is 6.16. The number of carbonyl (C=O) groups is 1. The number of hydrogen-bond acceptors (Lipinski definition) is 3. The number of benzene rings is 1. The first-order valence-corrected chi connectivity index (χ1v) is 7.70. The summed E-state index contributed by atoms with van der Waals surface area (Å²) in [5, 5.41) is 9.98. The zero-order chi connectivity index (χ0) is 14.4. The first-order chi connectivity index (χ1) is 8.97. The number of unbranched alkanes of at least 4 members (excludes halogenated alkanes) is 1. The maximum atomic E-state index is 11.8. The fraction of sp³-hybridized carbons (Fsp3) is 0.462. The zero-order valence-electron chi connectivity index (χ0n) is 10.5. The lowest BCUT2D eigenvalue weighted by Gasteiger charge is -2.15. The lowest BCUT2D eigenvalue weighted by atomic mass is 10.0. The Kier molecular flexibility index (Phi) is 6.71. The van der Waals surface area contributed by atoms with Crippen LogP contribution in [0.1, 0.15) is 35.7 Å². The number of rotatable bonds is 7. The van der Waals surface area contributed by atoms with E-state index in [9.17, 15) is 14.9 Å². The Morgan fingerprint density at radius 1 is 1.42 bits per heavy atom. The third kappa shape index (κ3) is 4.72. The molecule has 0 aliphatic rings. The lowest BCUT2D eigenvalue weighted by Crippen LogP contribution is -2.19. The van der Waals surface area contributed by atoms with Crippen molar-refractivity contribution < 1.29 is 9.72 Å². The minimum absolute atomic E-state index is 0.0290. The van der Waals surface area contributed by atoms with E-state index in [-0.39, 0.29) is 15.4 Å². The van der Waals surface area contributed by atoms with Gasteiger partial charge < -0.3 is 0 Å². The molecule has 0 aliphatic heterocycles. The van der Waals surface area contributed by atoms with Gasteiger partial charge in [0.25, 0.3) is 5.69 Å². The maximum Gasteiger partial charge on any atom is 0.269 e. The molecule has 2 unspecified atom stereocenters. The van der Waals surface area contributed by atoms with Crippen molar-refractivity contribution in [3.8, 4) is 0 Å².